The van der Waals surface area contributed by atoms with Crippen molar-refractivity contribution in [2.45, 2.75) is 24.9 Å². The molecule has 4 heterocycles. The van der Waals surface area contributed by atoms with Crippen LogP contribution >= 0.6 is 0 Å². The van der Waals surface area contributed by atoms with Crippen molar-refractivity contribution in [1.82, 2.24) is 19.9 Å². The third kappa shape index (κ3) is 4.21. The number of H-pyrrole nitrogens is 1. The molecular weight excluding hydrogens is 436 g/mol. The quantitative estimate of drug-likeness (QED) is 0.426. The first-order chi connectivity index (χ1) is 17.2. The number of nitrogens with zero attached hydrogens (tertiary/aromatic N) is 6. The van der Waals surface area contributed by atoms with Gasteiger partial charge in [0.15, 0.2) is 5.82 Å². The Hall–Kier alpha value is -3.91. The number of benzene rings is 2. The van der Waals surface area contributed by atoms with E-state index in [9.17, 15) is 0 Å². The van der Waals surface area contributed by atoms with Gasteiger partial charge in [-0.3, -0.25) is 0 Å². The molecule has 0 radical (unpaired) electrons. The van der Waals surface area contributed by atoms with E-state index in [-0.39, 0.29) is 6.04 Å². The first-order valence-corrected chi connectivity index (χ1v) is 12.2. The van der Waals surface area contributed by atoms with Crippen molar-refractivity contribution >= 4 is 40.4 Å². The van der Waals surface area contributed by atoms with Gasteiger partial charge in [0.25, 0.3) is 0 Å². The highest BCUT2D eigenvalue weighted by atomic mass is 15.5. The molecule has 4 aromatic rings. The average molecular weight is 467 g/mol. The number of likely N-dealkylation sites (N-methyl/N-ethyl adjacent to an activating group) is 1. The number of rotatable bonds is 6. The zero-order valence-corrected chi connectivity index (χ0v) is 20.1. The lowest BCUT2D eigenvalue weighted by Gasteiger charge is -2.24. The van der Waals surface area contributed by atoms with Gasteiger partial charge in [0.05, 0.1) is 11.4 Å². The van der Waals surface area contributed by atoms with Crippen molar-refractivity contribution in [3.63, 3.8) is 0 Å². The van der Waals surface area contributed by atoms with E-state index in [0.717, 1.165) is 42.0 Å². The lowest BCUT2D eigenvalue weighted by atomic mass is 10.0. The van der Waals surface area contributed by atoms with Crippen molar-refractivity contribution < 1.29 is 0 Å². The third-order valence-electron chi connectivity index (χ3n) is 6.99. The predicted octanol–water partition coefficient (Wildman–Crippen LogP) is 4.78. The van der Waals surface area contributed by atoms with Crippen molar-refractivity contribution in [2.75, 3.05) is 42.4 Å². The zero-order chi connectivity index (χ0) is 23.8. The molecule has 0 amide bonds. The van der Waals surface area contributed by atoms with Crippen molar-refractivity contribution in [3.8, 4) is 0 Å². The summed E-state index contributed by atoms with van der Waals surface area (Å²) in [5.41, 5.74) is 4.19. The first kappa shape index (κ1) is 21.6. The van der Waals surface area contributed by atoms with Crippen molar-refractivity contribution in [1.29, 1.82) is 0 Å². The summed E-state index contributed by atoms with van der Waals surface area (Å²) in [6.07, 6.45) is 5.89. The smallest absolute Gasteiger partial charge is 0.231 e. The number of anilines is 4. The number of fused-ring (bicyclic) bond motifs is 1. The van der Waals surface area contributed by atoms with Crippen LogP contribution in [0.25, 0.3) is 11.0 Å². The Morgan fingerprint density at radius 3 is 2.74 bits per heavy atom. The largest absolute Gasteiger partial charge is 0.370 e. The van der Waals surface area contributed by atoms with E-state index in [1.807, 2.05) is 29.6 Å². The fraction of sp³-hybridized carbons (Fsp3) is 0.296. The standard InChI is InChI=1S/C27H30N8/c1-33(2)22-13-16-34(18-22)21-10-6-9-20(17-21)30-27-31-25-23(11-14-28-25)26(32-27)35-24(12-15-29-35)19-7-4-3-5-8-19/h3-11,14-15,17,22,24H,12-13,16,18H2,1-2H3,(H2,28,30,31,32)/t22-,24?/m1/s1. The molecule has 2 aliphatic heterocycles. The van der Waals surface area contributed by atoms with Crippen LogP contribution in [0.5, 0.6) is 0 Å². The minimum Gasteiger partial charge on any atom is -0.370 e. The number of hydrogen-bond acceptors (Lipinski definition) is 7. The lowest BCUT2D eigenvalue weighted by molar-refractivity contribution is 0.315. The maximum Gasteiger partial charge on any atom is 0.231 e. The summed E-state index contributed by atoms with van der Waals surface area (Å²) in [6.45, 7) is 2.11. The summed E-state index contributed by atoms with van der Waals surface area (Å²) in [6, 6.07) is 21.7. The maximum absolute atomic E-state index is 4.94. The highest BCUT2D eigenvalue weighted by molar-refractivity contribution is 5.90. The molecule has 2 aliphatic rings. The van der Waals surface area contributed by atoms with E-state index in [2.05, 4.69) is 82.7 Å². The Morgan fingerprint density at radius 2 is 1.91 bits per heavy atom. The minimum atomic E-state index is 0.111. The molecule has 178 valence electrons. The summed E-state index contributed by atoms with van der Waals surface area (Å²) in [5, 5.41) is 11.1. The molecule has 0 spiro atoms. The average Bonchev–Trinajstić information content (AvgIpc) is 3.65. The number of hydrogen-bond donors (Lipinski definition) is 2. The predicted molar refractivity (Wildman–Crippen MR) is 143 cm³/mol. The number of aromatic nitrogens is 3. The van der Waals surface area contributed by atoms with Gasteiger partial charge in [0, 0.05) is 49.3 Å². The SMILES string of the molecule is CN(C)[C@@H]1CCN(c2cccc(Nc3nc(N4N=CCC4c4ccccc4)c4cc[nH]c4n3)c2)C1. The van der Waals surface area contributed by atoms with Crippen LogP contribution < -0.4 is 15.2 Å². The third-order valence-corrected chi connectivity index (χ3v) is 6.99. The van der Waals surface area contributed by atoms with Crippen molar-refractivity contribution in [3.05, 3.63) is 72.4 Å². The van der Waals surface area contributed by atoms with Crippen LogP contribution in [-0.2, 0) is 0 Å². The Labute approximate surface area is 205 Å². The number of aromatic amines is 1. The highest BCUT2D eigenvalue weighted by Gasteiger charge is 2.28. The minimum absolute atomic E-state index is 0.111. The van der Waals surface area contributed by atoms with Crippen LogP contribution in [0.15, 0.2) is 72.0 Å². The molecular formula is C27H30N8. The van der Waals surface area contributed by atoms with Gasteiger partial charge in [-0.25, -0.2) is 5.01 Å². The fourth-order valence-corrected chi connectivity index (χ4v) is 5.03. The van der Waals surface area contributed by atoms with Gasteiger partial charge in [0.2, 0.25) is 5.95 Å². The topological polar surface area (TPSA) is 75.7 Å². The second-order valence-electron chi connectivity index (χ2n) is 9.44. The normalized spacial score (nSPS) is 19.9. The molecule has 2 aromatic heterocycles. The lowest BCUT2D eigenvalue weighted by Crippen LogP contribution is -2.31. The monoisotopic (exact) mass is 466 g/mol. The zero-order valence-electron chi connectivity index (χ0n) is 20.1. The molecule has 1 unspecified atom stereocenters. The highest BCUT2D eigenvalue weighted by Crippen LogP contribution is 2.36. The van der Waals surface area contributed by atoms with Gasteiger partial charge >= 0.3 is 0 Å². The van der Waals surface area contributed by atoms with Crippen molar-refractivity contribution in [2.24, 2.45) is 5.10 Å². The molecule has 1 saturated heterocycles. The van der Waals surface area contributed by atoms with Crippen LogP contribution in [-0.4, -0.2) is 59.3 Å². The number of nitrogens with one attached hydrogen (secondary N) is 2. The van der Waals surface area contributed by atoms with E-state index in [0.29, 0.717) is 12.0 Å². The molecule has 8 heteroatoms. The van der Waals surface area contributed by atoms with Gasteiger partial charge in [-0.05, 0) is 50.3 Å². The van der Waals surface area contributed by atoms with Gasteiger partial charge < -0.3 is 20.1 Å². The van der Waals surface area contributed by atoms with Gasteiger partial charge in [-0.1, -0.05) is 36.4 Å². The van der Waals surface area contributed by atoms with E-state index in [4.69, 9.17) is 15.1 Å². The second-order valence-corrected chi connectivity index (χ2v) is 9.44. The molecule has 0 aliphatic carbocycles. The Balaban J connectivity index is 1.30. The molecule has 2 aromatic carbocycles. The molecule has 1 fully saturated rings. The molecule has 35 heavy (non-hydrogen) atoms. The molecule has 0 bridgehead atoms. The maximum atomic E-state index is 4.94. The van der Waals surface area contributed by atoms with Gasteiger partial charge in [-0.2, -0.15) is 15.1 Å². The van der Waals surface area contributed by atoms with E-state index in [1.54, 1.807) is 0 Å². The fourth-order valence-electron chi connectivity index (χ4n) is 5.03. The van der Waals surface area contributed by atoms with Gasteiger partial charge in [0.1, 0.15) is 5.65 Å². The molecule has 6 rings (SSSR count). The summed E-state index contributed by atoms with van der Waals surface area (Å²) in [7, 11) is 4.31. The van der Waals surface area contributed by atoms with Crippen LogP contribution in [0.2, 0.25) is 0 Å². The Kier molecular flexibility index (Phi) is 5.58. The summed E-state index contributed by atoms with van der Waals surface area (Å²) in [5.74, 6) is 1.35. The van der Waals surface area contributed by atoms with E-state index < -0.39 is 0 Å². The first-order valence-electron chi connectivity index (χ1n) is 12.2. The van der Waals surface area contributed by atoms with Crippen LogP contribution in [0.3, 0.4) is 0 Å². The summed E-state index contributed by atoms with van der Waals surface area (Å²) < 4.78 is 0. The Bertz CT molecular complexity index is 1350. The summed E-state index contributed by atoms with van der Waals surface area (Å²) >= 11 is 0. The van der Waals surface area contributed by atoms with Crippen LogP contribution in [0.1, 0.15) is 24.4 Å². The molecule has 2 atom stereocenters. The Morgan fingerprint density at radius 1 is 1.03 bits per heavy atom. The van der Waals surface area contributed by atoms with E-state index >= 15 is 0 Å². The molecule has 2 N–H and O–H groups in total. The van der Waals surface area contributed by atoms with Crippen LogP contribution in [0, 0.1) is 0 Å². The summed E-state index contributed by atoms with van der Waals surface area (Å²) in [4.78, 5) is 17.7. The number of hydrazone groups is 1. The molecule has 8 nitrogen and oxygen atoms in total. The van der Waals surface area contributed by atoms with Gasteiger partial charge in [-0.15, -0.1) is 0 Å². The van der Waals surface area contributed by atoms with E-state index in [1.165, 1.54) is 17.7 Å². The molecule has 0 saturated carbocycles. The van der Waals surface area contributed by atoms with Crippen LogP contribution in [0.4, 0.5) is 23.1 Å². The second kappa shape index (κ2) is 9.03.